The fourth-order valence-corrected chi connectivity index (χ4v) is 5.49. The highest BCUT2D eigenvalue weighted by atomic mass is 19.4. The van der Waals surface area contributed by atoms with E-state index in [2.05, 4.69) is 10.4 Å². The van der Waals surface area contributed by atoms with Crippen LogP contribution >= 0.6 is 0 Å². The molecule has 1 fully saturated rings. The summed E-state index contributed by atoms with van der Waals surface area (Å²) in [5, 5.41) is 7.17. The van der Waals surface area contributed by atoms with Crippen molar-refractivity contribution >= 4 is 23.2 Å². The number of carbonyl (C=O) groups excluding carboxylic acids is 3. The van der Waals surface area contributed by atoms with Crippen molar-refractivity contribution in [2.24, 2.45) is 22.8 Å². The number of amides is 1. The van der Waals surface area contributed by atoms with Gasteiger partial charge in [-0.15, -0.1) is 0 Å². The average molecular weight is 520 g/mol. The summed E-state index contributed by atoms with van der Waals surface area (Å²) in [4.78, 5) is 36.6. The van der Waals surface area contributed by atoms with Crippen molar-refractivity contribution < 1.29 is 27.6 Å². The number of hydrogen-bond acceptors (Lipinski definition) is 6. The first kappa shape index (κ1) is 26.8. The number of benzene rings is 1. The average Bonchev–Trinajstić information content (AvgIpc) is 3.19. The summed E-state index contributed by atoms with van der Waals surface area (Å²) in [6.07, 6.45) is -0.963. The lowest BCUT2D eigenvalue weighted by atomic mass is 9.75. The molecule has 4 rings (SSSR count). The van der Waals surface area contributed by atoms with Crippen LogP contribution in [0.1, 0.15) is 84.5 Å². The van der Waals surface area contributed by atoms with E-state index in [9.17, 15) is 27.6 Å². The molecule has 0 radical (unpaired) electrons. The van der Waals surface area contributed by atoms with Crippen LogP contribution in [0.3, 0.4) is 0 Å². The summed E-state index contributed by atoms with van der Waals surface area (Å²) in [6.45, 7) is 3.70. The maximum Gasteiger partial charge on any atom is 0.435 e. The Morgan fingerprint density at radius 2 is 1.84 bits per heavy atom. The molecule has 5 N–H and O–H groups in total. The molecule has 37 heavy (non-hydrogen) atoms. The third-order valence-corrected chi connectivity index (χ3v) is 7.28. The summed E-state index contributed by atoms with van der Waals surface area (Å²) >= 11 is 0. The van der Waals surface area contributed by atoms with Gasteiger partial charge in [-0.1, -0.05) is 13.8 Å². The van der Waals surface area contributed by atoms with Gasteiger partial charge in [-0.05, 0) is 61.6 Å². The van der Waals surface area contributed by atoms with Crippen molar-refractivity contribution in [2.45, 2.75) is 71.0 Å². The normalized spacial score (nSPS) is 21.4. The van der Waals surface area contributed by atoms with E-state index in [1.54, 1.807) is 6.07 Å². The monoisotopic (exact) mass is 519 g/mol. The molecule has 0 spiro atoms. The van der Waals surface area contributed by atoms with Gasteiger partial charge in [0, 0.05) is 24.6 Å². The van der Waals surface area contributed by atoms with Gasteiger partial charge in [0.05, 0.1) is 29.1 Å². The first-order valence-electron chi connectivity index (χ1n) is 12.4. The summed E-state index contributed by atoms with van der Waals surface area (Å²) in [7, 11) is 0. The molecule has 1 amide bonds. The van der Waals surface area contributed by atoms with Crippen molar-refractivity contribution in [1.82, 2.24) is 9.78 Å². The van der Waals surface area contributed by atoms with E-state index in [1.807, 2.05) is 13.8 Å². The van der Waals surface area contributed by atoms with E-state index in [1.165, 1.54) is 16.8 Å². The summed E-state index contributed by atoms with van der Waals surface area (Å²) in [5.74, 6) is -0.969. The molecule has 11 heteroatoms. The minimum Gasteiger partial charge on any atom is -0.382 e. The van der Waals surface area contributed by atoms with Crippen LogP contribution in [0.5, 0.6) is 0 Å². The van der Waals surface area contributed by atoms with Crippen LogP contribution in [0, 0.1) is 11.3 Å². The molecule has 200 valence electrons. The molecule has 2 aliphatic rings. The van der Waals surface area contributed by atoms with Gasteiger partial charge < -0.3 is 16.8 Å². The van der Waals surface area contributed by atoms with Gasteiger partial charge in [0.25, 0.3) is 5.91 Å². The molecule has 1 aromatic heterocycles. The van der Waals surface area contributed by atoms with Crippen molar-refractivity contribution in [3.05, 3.63) is 40.7 Å². The molecule has 0 bridgehead atoms. The minimum absolute atomic E-state index is 0.00173. The third kappa shape index (κ3) is 5.71. The number of alkyl halides is 3. The number of ketones is 2. The number of fused-ring (bicyclic) bond motifs is 1. The first-order chi connectivity index (χ1) is 17.3. The number of primary amides is 1. The molecule has 1 heterocycles. The Balaban J connectivity index is 1.68. The molecule has 1 aromatic carbocycles. The molecule has 2 aliphatic carbocycles. The molecule has 0 saturated heterocycles. The smallest absolute Gasteiger partial charge is 0.382 e. The second kappa shape index (κ2) is 9.92. The fraction of sp³-hybridized carbons (Fsp3) is 0.538. The van der Waals surface area contributed by atoms with Gasteiger partial charge in [0.2, 0.25) is 0 Å². The number of nitrogens with one attached hydrogen (secondary N) is 1. The number of aromatic nitrogens is 2. The summed E-state index contributed by atoms with van der Waals surface area (Å²) in [5.41, 5.74) is 10.0. The van der Waals surface area contributed by atoms with Gasteiger partial charge in [-0.2, -0.15) is 18.3 Å². The van der Waals surface area contributed by atoms with Crippen molar-refractivity contribution in [3.63, 3.8) is 0 Å². The minimum atomic E-state index is -4.79. The highest BCUT2D eigenvalue weighted by Crippen LogP contribution is 2.42. The van der Waals surface area contributed by atoms with Crippen LogP contribution in [0.4, 0.5) is 18.9 Å². The van der Waals surface area contributed by atoms with Crippen LogP contribution < -0.4 is 16.8 Å². The van der Waals surface area contributed by atoms with E-state index in [0.717, 1.165) is 25.7 Å². The number of halogens is 3. The van der Waals surface area contributed by atoms with Gasteiger partial charge in [-0.25, -0.2) is 4.68 Å². The van der Waals surface area contributed by atoms with Crippen molar-refractivity contribution in [3.8, 4) is 5.69 Å². The molecule has 0 atom stereocenters. The van der Waals surface area contributed by atoms with E-state index in [-0.39, 0.29) is 54.0 Å². The quantitative estimate of drug-likeness (QED) is 0.506. The topological polar surface area (TPSA) is 133 Å². The Bertz CT molecular complexity index is 1230. The number of nitrogens with two attached hydrogens (primary N) is 2. The molecule has 2 aromatic rings. The number of hydrogen-bond donors (Lipinski definition) is 3. The lowest BCUT2D eigenvalue weighted by Crippen LogP contribution is -2.29. The largest absolute Gasteiger partial charge is 0.435 e. The fourth-order valence-electron chi connectivity index (χ4n) is 5.49. The second-order valence-corrected chi connectivity index (χ2v) is 10.9. The molecule has 0 unspecified atom stereocenters. The van der Waals surface area contributed by atoms with Crippen LogP contribution in [-0.4, -0.2) is 39.8 Å². The van der Waals surface area contributed by atoms with E-state index in [4.69, 9.17) is 11.5 Å². The van der Waals surface area contributed by atoms with E-state index < -0.39 is 29.0 Å². The van der Waals surface area contributed by atoms with E-state index in [0.29, 0.717) is 17.8 Å². The molecule has 8 nitrogen and oxygen atoms in total. The van der Waals surface area contributed by atoms with Crippen LogP contribution in [0.2, 0.25) is 0 Å². The Kier molecular flexibility index (Phi) is 7.20. The maximum atomic E-state index is 13.8. The maximum absolute atomic E-state index is 13.8. The molecule has 1 saturated carbocycles. The highest BCUT2D eigenvalue weighted by molar-refractivity contribution is 6.00. The highest BCUT2D eigenvalue weighted by Gasteiger charge is 2.45. The zero-order valence-corrected chi connectivity index (χ0v) is 21.0. The first-order valence-corrected chi connectivity index (χ1v) is 12.4. The lowest BCUT2D eigenvalue weighted by Gasteiger charge is -2.30. The molecular weight excluding hydrogens is 487 g/mol. The molecular formula is C26H32F3N5O3. The number of anilines is 1. The van der Waals surface area contributed by atoms with Gasteiger partial charge in [-0.3, -0.25) is 14.4 Å². The van der Waals surface area contributed by atoms with Crippen LogP contribution in [-0.2, 0) is 17.4 Å². The van der Waals surface area contributed by atoms with Crippen LogP contribution in [0.15, 0.2) is 18.2 Å². The third-order valence-electron chi connectivity index (χ3n) is 7.28. The zero-order valence-electron chi connectivity index (χ0n) is 21.0. The second-order valence-electron chi connectivity index (χ2n) is 10.9. The standard InChI is InChI=1S/C26H32F3N5O3/c1-25(2)11-20-22(21(36)12-25)23(26(27,28)29)33-34(20)16-7-8-18(24(31)37)19(10-16)32-15-5-3-14(4-6-15)9-17(35)13-30/h7-8,10,14-15,32H,3-6,9,11-13,30H2,1-2H3,(H2,31,37)/t14-,15-. The van der Waals surface area contributed by atoms with Gasteiger partial charge >= 0.3 is 6.18 Å². The summed E-state index contributed by atoms with van der Waals surface area (Å²) < 4.78 is 42.7. The predicted molar refractivity (Wildman–Crippen MR) is 132 cm³/mol. The lowest BCUT2D eigenvalue weighted by molar-refractivity contribution is -0.141. The number of carbonyl (C=O) groups is 3. The van der Waals surface area contributed by atoms with Crippen LogP contribution in [0.25, 0.3) is 5.69 Å². The predicted octanol–water partition coefficient (Wildman–Crippen LogP) is 4.03. The zero-order chi connectivity index (χ0) is 27.1. The SMILES string of the molecule is CC1(C)CC(=O)c2c(C(F)(F)F)nn(-c3ccc(C(N)=O)c(N[C@H]4CC[C@H](CC(=O)CN)CC4)c3)c2C1. The van der Waals surface area contributed by atoms with Gasteiger partial charge in [0.1, 0.15) is 5.78 Å². The Morgan fingerprint density at radius 3 is 2.43 bits per heavy atom. The number of Topliss-reactive ketones (excluding diaryl/α,β-unsaturated/α-hetero) is 2. The Morgan fingerprint density at radius 1 is 1.16 bits per heavy atom. The van der Waals surface area contributed by atoms with Crippen molar-refractivity contribution in [1.29, 1.82) is 0 Å². The Labute approximate surface area is 212 Å². The van der Waals surface area contributed by atoms with Gasteiger partial charge in [0.15, 0.2) is 11.5 Å². The Hall–Kier alpha value is -3.21. The molecule has 0 aliphatic heterocycles. The summed E-state index contributed by atoms with van der Waals surface area (Å²) in [6, 6.07) is 4.50. The van der Waals surface area contributed by atoms with E-state index >= 15 is 0 Å². The number of nitrogens with zero attached hydrogens (tertiary/aromatic N) is 2. The van der Waals surface area contributed by atoms with Crippen molar-refractivity contribution in [2.75, 3.05) is 11.9 Å². The number of rotatable bonds is 7.